The average molecular weight is 464 g/mol. The van der Waals surface area contributed by atoms with E-state index in [-0.39, 0.29) is 0 Å². The molecule has 5 heteroatoms. The third kappa shape index (κ3) is 4.48. The lowest BCUT2D eigenvalue weighted by molar-refractivity contribution is 0.352. The number of rotatable bonds is 6. The summed E-state index contributed by atoms with van der Waals surface area (Å²) < 4.78 is 0. The van der Waals surface area contributed by atoms with Crippen molar-refractivity contribution >= 4 is 22.7 Å². The highest BCUT2D eigenvalue weighted by molar-refractivity contribution is 5.90. The van der Waals surface area contributed by atoms with E-state index in [4.69, 9.17) is 9.97 Å². The average Bonchev–Trinajstić information content (AvgIpc) is 3.25. The first-order valence-corrected chi connectivity index (χ1v) is 12.8. The Balaban J connectivity index is 1.04. The van der Waals surface area contributed by atoms with Gasteiger partial charge in [0.2, 0.25) is 5.95 Å². The zero-order chi connectivity index (χ0) is 23.8. The summed E-state index contributed by atoms with van der Waals surface area (Å²) in [6.45, 7) is 0.937. The second kappa shape index (κ2) is 9.31. The van der Waals surface area contributed by atoms with E-state index in [0.717, 1.165) is 48.5 Å². The minimum Gasteiger partial charge on any atom is -0.362 e. The van der Waals surface area contributed by atoms with Crippen LogP contribution in [0.25, 0.3) is 22.0 Å². The van der Waals surface area contributed by atoms with Crippen LogP contribution in [0.5, 0.6) is 0 Å². The van der Waals surface area contributed by atoms with E-state index in [2.05, 4.69) is 70.1 Å². The summed E-state index contributed by atoms with van der Waals surface area (Å²) in [6, 6.07) is 25.0. The van der Waals surface area contributed by atoms with Gasteiger partial charge in [-0.05, 0) is 72.1 Å². The molecular formula is C30H33N5. The normalized spacial score (nSPS) is 18.8. The molecule has 0 aliphatic heterocycles. The van der Waals surface area contributed by atoms with E-state index in [1.165, 1.54) is 40.7 Å². The van der Waals surface area contributed by atoms with Crippen molar-refractivity contribution < 1.29 is 0 Å². The van der Waals surface area contributed by atoms with Crippen molar-refractivity contribution in [2.75, 3.05) is 24.3 Å². The lowest BCUT2D eigenvalue weighted by Gasteiger charge is -2.30. The summed E-state index contributed by atoms with van der Waals surface area (Å²) in [7, 11) is 4.07. The summed E-state index contributed by atoms with van der Waals surface area (Å²) in [5.41, 5.74) is 8.10. The Labute approximate surface area is 207 Å². The molecule has 0 saturated heterocycles. The van der Waals surface area contributed by atoms with Gasteiger partial charge in [-0.2, -0.15) is 4.98 Å². The molecule has 4 aromatic rings. The van der Waals surface area contributed by atoms with Crippen LogP contribution in [0.2, 0.25) is 0 Å². The first-order chi connectivity index (χ1) is 17.1. The number of benzene rings is 3. The molecule has 178 valence electrons. The highest BCUT2D eigenvalue weighted by Gasteiger charge is 2.23. The number of hydrogen-bond donors (Lipinski definition) is 2. The zero-order valence-corrected chi connectivity index (χ0v) is 20.6. The van der Waals surface area contributed by atoms with Gasteiger partial charge >= 0.3 is 0 Å². The van der Waals surface area contributed by atoms with Crippen molar-refractivity contribution in [2.24, 2.45) is 0 Å². The Morgan fingerprint density at radius 1 is 0.800 bits per heavy atom. The van der Waals surface area contributed by atoms with E-state index in [1.807, 2.05) is 26.2 Å². The van der Waals surface area contributed by atoms with E-state index >= 15 is 0 Å². The molecule has 1 fully saturated rings. The van der Waals surface area contributed by atoms with Crippen LogP contribution in [0.1, 0.15) is 42.4 Å². The number of hydrogen-bond acceptors (Lipinski definition) is 5. The molecule has 2 aliphatic rings. The fraction of sp³-hybridized carbons (Fsp3) is 0.333. The molecule has 1 saturated carbocycles. The van der Waals surface area contributed by atoms with Crippen LogP contribution >= 0.6 is 0 Å². The zero-order valence-electron chi connectivity index (χ0n) is 20.6. The molecule has 1 aromatic heterocycles. The van der Waals surface area contributed by atoms with E-state index in [1.54, 1.807) is 0 Å². The number of nitrogens with one attached hydrogen (secondary N) is 2. The van der Waals surface area contributed by atoms with Crippen LogP contribution < -0.4 is 15.5 Å². The van der Waals surface area contributed by atoms with Gasteiger partial charge in [-0.1, -0.05) is 54.6 Å². The molecule has 35 heavy (non-hydrogen) atoms. The predicted octanol–water partition coefficient (Wildman–Crippen LogP) is 5.78. The first kappa shape index (κ1) is 22.1. The Bertz CT molecular complexity index is 1350. The van der Waals surface area contributed by atoms with Crippen molar-refractivity contribution in [1.82, 2.24) is 15.3 Å². The maximum atomic E-state index is 4.82. The minimum atomic E-state index is 0.419. The molecule has 0 bridgehead atoms. The standard InChI is InChI=1S/C30H33N5/c1-35(2)29-27-9-5-6-10-28(27)33-30(34-29)32-24-14-12-23(13-15-24)31-19-20-11-16-26-22(17-20)18-21-7-3-4-8-25(21)26/h3-11,16-17,23-24,31H,12-15,18-19H2,1-2H3,(H,32,33,34). The molecule has 0 amide bonds. The smallest absolute Gasteiger partial charge is 0.225 e. The van der Waals surface area contributed by atoms with E-state index in [0.29, 0.717) is 12.1 Å². The summed E-state index contributed by atoms with van der Waals surface area (Å²) in [6.07, 6.45) is 5.65. The van der Waals surface area contributed by atoms with Crippen molar-refractivity contribution in [2.45, 2.75) is 50.7 Å². The van der Waals surface area contributed by atoms with Crippen LogP contribution in [0.15, 0.2) is 66.7 Å². The van der Waals surface area contributed by atoms with Gasteiger partial charge in [0.1, 0.15) is 5.82 Å². The Morgan fingerprint density at radius 3 is 2.40 bits per heavy atom. The Hall–Kier alpha value is -3.44. The highest BCUT2D eigenvalue weighted by Crippen LogP contribution is 2.36. The number of anilines is 2. The molecule has 6 rings (SSSR count). The maximum Gasteiger partial charge on any atom is 0.225 e. The van der Waals surface area contributed by atoms with Crippen LogP contribution in [-0.2, 0) is 13.0 Å². The van der Waals surface area contributed by atoms with Crippen LogP contribution in [0, 0.1) is 0 Å². The second-order valence-electron chi connectivity index (χ2n) is 10.2. The second-order valence-corrected chi connectivity index (χ2v) is 10.2. The number of nitrogens with zero attached hydrogens (tertiary/aromatic N) is 3. The topological polar surface area (TPSA) is 53.1 Å². The van der Waals surface area contributed by atoms with E-state index in [9.17, 15) is 0 Å². The largest absolute Gasteiger partial charge is 0.362 e. The summed E-state index contributed by atoms with van der Waals surface area (Å²) in [5, 5.41) is 8.53. The molecule has 3 aromatic carbocycles. The molecule has 5 nitrogen and oxygen atoms in total. The third-order valence-corrected chi connectivity index (χ3v) is 7.52. The van der Waals surface area contributed by atoms with Gasteiger partial charge < -0.3 is 15.5 Å². The molecular weight excluding hydrogens is 430 g/mol. The quantitative estimate of drug-likeness (QED) is 0.334. The number of fused-ring (bicyclic) bond motifs is 4. The highest BCUT2D eigenvalue weighted by atomic mass is 15.2. The molecule has 0 spiro atoms. The summed E-state index contributed by atoms with van der Waals surface area (Å²) in [5.74, 6) is 1.70. The van der Waals surface area contributed by atoms with Gasteiger partial charge in [-0.25, -0.2) is 4.98 Å². The maximum absolute atomic E-state index is 4.82. The lowest BCUT2D eigenvalue weighted by atomic mass is 9.91. The van der Waals surface area contributed by atoms with Gasteiger partial charge in [0.25, 0.3) is 0 Å². The first-order valence-electron chi connectivity index (χ1n) is 12.8. The van der Waals surface area contributed by atoms with Gasteiger partial charge in [0, 0.05) is 38.1 Å². The van der Waals surface area contributed by atoms with Crippen LogP contribution in [-0.4, -0.2) is 36.1 Å². The monoisotopic (exact) mass is 463 g/mol. The fourth-order valence-electron chi connectivity index (χ4n) is 5.66. The van der Waals surface area contributed by atoms with Crippen molar-refractivity contribution in [3.05, 3.63) is 83.4 Å². The SMILES string of the molecule is CN(C)c1nc(NC2CCC(NCc3ccc4c(c3)Cc3ccccc3-4)CC2)nc2ccccc12. The molecule has 2 aliphatic carbocycles. The summed E-state index contributed by atoms with van der Waals surface area (Å²) >= 11 is 0. The van der Waals surface area contributed by atoms with Crippen molar-refractivity contribution in [1.29, 1.82) is 0 Å². The molecule has 0 unspecified atom stereocenters. The van der Waals surface area contributed by atoms with E-state index < -0.39 is 0 Å². The number of para-hydroxylation sites is 1. The van der Waals surface area contributed by atoms with Gasteiger partial charge in [-0.3, -0.25) is 0 Å². The molecule has 0 atom stereocenters. The Kier molecular flexibility index (Phi) is 5.86. The molecule has 2 N–H and O–H groups in total. The summed E-state index contributed by atoms with van der Waals surface area (Å²) in [4.78, 5) is 11.7. The van der Waals surface area contributed by atoms with Gasteiger partial charge in [-0.15, -0.1) is 0 Å². The fourth-order valence-corrected chi connectivity index (χ4v) is 5.66. The number of aromatic nitrogens is 2. The molecule has 0 radical (unpaired) electrons. The van der Waals surface area contributed by atoms with Crippen molar-refractivity contribution in [3.63, 3.8) is 0 Å². The Morgan fingerprint density at radius 2 is 1.54 bits per heavy atom. The van der Waals surface area contributed by atoms with Crippen LogP contribution in [0.4, 0.5) is 11.8 Å². The molecule has 1 heterocycles. The van der Waals surface area contributed by atoms with Crippen LogP contribution in [0.3, 0.4) is 0 Å². The van der Waals surface area contributed by atoms with Gasteiger partial charge in [0.05, 0.1) is 5.52 Å². The predicted molar refractivity (Wildman–Crippen MR) is 145 cm³/mol. The lowest BCUT2D eigenvalue weighted by Crippen LogP contribution is -2.37. The third-order valence-electron chi connectivity index (χ3n) is 7.52. The van der Waals surface area contributed by atoms with Gasteiger partial charge in [0.15, 0.2) is 0 Å². The minimum absolute atomic E-state index is 0.419. The van der Waals surface area contributed by atoms with Crippen molar-refractivity contribution in [3.8, 4) is 11.1 Å².